The van der Waals surface area contributed by atoms with Crippen LogP contribution in [0.3, 0.4) is 0 Å². The largest absolute Gasteiger partial charge is 0.496 e. The Morgan fingerprint density at radius 3 is 2.38 bits per heavy atom. The number of hydrogen-bond donors (Lipinski definition) is 1. The van der Waals surface area contributed by atoms with Crippen LogP contribution < -0.4 is 19.6 Å². The van der Waals surface area contributed by atoms with Gasteiger partial charge in [-0.15, -0.1) is 0 Å². The number of halogens is 3. The van der Waals surface area contributed by atoms with Gasteiger partial charge in [0.2, 0.25) is 0 Å². The minimum Gasteiger partial charge on any atom is -0.496 e. The number of carbonyl (C=O) groups is 1. The van der Waals surface area contributed by atoms with Crippen LogP contribution in [0.5, 0.6) is 17.2 Å². The van der Waals surface area contributed by atoms with Crippen molar-refractivity contribution in [2.24, 2.45) is 5.10 Å². The number of nitrogens with zero attached hydrogens (tertiary/aromatic N) is 1. The molecule has 0 spiro atoms. The first kappa shape index (κ1) is 23.9. The second kappa shape index (κ2) is 11.2. The van der Waals surface area contributed by atoms with Crippen molar-refractivity contribution in [3.05, 3.63) is 85.8 Å². The first-order valence-electron chi connectivity index (χ1n) is 9.33. The van der Waals surface area contributed by atoms with Gasteiger partial charge in [-0.05, 0) is 54.1 Å². The van der Waals surface area contributed by atoms with Crippen molar-refractivity contribution in [3.8, 4) is 17.2 Å². The molecule has 3 aromatic carbocycles. The molecule has 3 aromatic rings. The Morgan fingerprint density at radius 2 is 1.69 bits per heavy atom. The third-order valence-electron chi connectivity index (χ3n) is 4.41. The molecule has 0 saturated heterocycles. The van der Waals surface area contributed by atoms with Crippen LogP contribution in [-0.2, 0) is 6.61 Å². The summed E-state index contributed by atoms with van der Waals surface area (Å²) < 4.78 is 17.2. The number of methoxy groups -OCH3 is 2. The average Bonchev–Trinajstić information content (AvgIpc) is 2.78. The fraction of sp³-hybridized carbons (Fsp3) is 0.130. The van der Waals surface area contributed by atoms with Crippen LogP contribution in [0.15, 0.2) is 64.2 Å². The zero-order valence-corrected chi connectivity index (χ0v) is 20.3. The average molecular weight is 538 g/mol. The molecule has 0 fully saturated rings. The summed E-state index contributed by atoms with van der Waals surface area (Å²) >= 11 is 15.8. The van der Waals surface area contributed by atoms with E-state index in [1.165, 1.54) is 13.3 Å². The quantitative estimate of drug-likeness (QED) is 0.278. The predicted molar refractivity (Wildman–Crippen MR) is 130 cm³/mol. The summed E-state index contributed by atoms with van der Waals surface area (Å²) in [6.45, 7) is 0.162. The summed E-state index contributed by atoms with van der Waals surface area (Å²) in [6, 6.07) is 15.7. The highest BCUT2D eigenvalue weighted by molar-refractivity contribution is 9.10. The first-order valence-corrected chi connectivity index (χ1v) is 10.9. The summed E-state index contributed by atoms with van der Waals surface area (Å²) in [7, 11) is 3.04. The van der Waals surface area contributed by atoms with Gasteiger partial charge in [-0.1, -0.05) is 45.2 Å². The zero-order valence-electron chi connectivity index (χ0n) is 17.2. The molecule has 0 aromatic heterocycles. The van der Waals surface area contributed by atoms with Crippen LogP contribution in [0.4, 0.5) is 0 Å². The van der Waals surface area contributed by atoms with Gasteiger partial charge in [0.15, 0.2) is 11.5 Å². The number of hydrogen-bond acceptors (Lipinski definition) is 5. The van der Waals surface area contributed by atoms with Crippen LogP contribution in [0.2, 0.25) is 10.0 Å². The highest BCUT2D eigenvalue weighted by atomic mass is 79.9. The SMILES string of the molecule is COc1ccc(/C=N\NC(=O)c2cc(Br)ccc2OC)cc1OCc1c(Cl)cccc1Cl. The monoisotopic (exact) mass is 536 g/mol. The van der Waals surface area contributed by atoms with Crippen molar-refractivity contribution < 1.29 is 19.0 Å². The molecule has 1 amide bonds. The Hall–Kier alpha value is -2.74. The van der Waals surface area contributed by atoms with Crippen molar-refractivity contribution in [1.82, 2.24) is 5.43 Å². The Balaban J connectivity index is 1.73. The van der Waals surface area contributed by atoms with Crippen LogP contribution >= 0.6 is 39.1 Å². The number of amides is 1. The van der Waals surface area contributed by atoms with Crippen LogP contribution in [0, 0.1) is 0 Å². The molecule has 1 N–H and O–H groups in total. The highest BCUT2D eigenvalue weighted by Crippen LogP contribution is 2.31. The number of rotatable bonds is 8. The van der Waals surface area contributed by atoms with Gasteiger partial charge in [-0.25, -0.2) is 5.43 Å². The van der Waals surface area contributed by atoms with Gasteiger partial charge >= 0.3 is 0 Å². The number of ether oxygens (including phenoxy) is 3. The van der Waals surface area contributed by atoms with Crippen molar-refractivity contribution in [2.45, 2.75) is 6.61 Å². The summed E-state index contributed by atoms with van der Waals surface area (Å²) in [4.78, 5) is 12.5. The zero-order chi connectivity index (χ0) is 23.1. The minimum absolute atomic E-state index is 0.162. The lowest BCUT2D eigenvalue weighted by Gasteiger charge is -2.13. The molecule has 0 aliphatic heterocycles. The molecule has 0 heterocycles. The Morgan fingerprint density at radius 1 is 1.00 bits per heavy atom. The van der Waals surface area contributed by atoms with E-state index in [2.05, 4.69) is 26.5 Å². The van der Waals surface area contributed by atoms with Gasteiger partial charge in [0.1, 0.15) is 12.4 Å². The normalized spacial score (nSPS) is 10.8. The van der Waals surface area contributed by atoms with E-state index in [4.69, 9.17) is 37.4 Å². The third kappa shape index (κ3) is 5.94. The maximum Gasteiger partial charge on any atom is 0.275 e. The highest BCUT2D eigenvalue weighted by Gasteiger charge is 2.13. The number of carbonyl (C=O) groups excluding carboxylic acids is 1. The lowest BCUT2D eigenvalue weighted by atomic mass is 10.2. The van der Waals surface area contributed by atoms with Gasteiger partial charge in [0.05, 0.1) is 26.0 Å². The fourth-order valence-corrected chi connectivity index (χ4v) is 3.66. The smallest absolute Gasteiger partial charge is 0.275 e. The van der Waals surface area contributed by atoms with Crippen molar-refractivity contribution in [3.63, 3.8) is 0 Å². The molecular weight excluding hydrogens is 519 g/mol. The maximum atomic E-state index is 12.5. The summed E-state index contributed by atoms with van der Waals surface area (Å²) in [5.74, 6) is 1.05. The molecule has 166 valence electrons. The molecule has 0 saturated carbocycles. The Bertz CT molecular complexity index is 1130. The molecule has 0 aliphatic carbocycles. The van der Waals surface area contributed by atoms with E-state index in [9.17, 15) is 4.79 Å². The van der Waals surface area contributed by atoms with Crippen LogP contribution in [-0.4, -0.2) is 26.3 Å². The topological polar surface area (TPSA) is 69.2 Å². The Kier molecular flexibility index (Phi) is 8.39. The van der Waals surface area contributed by atoms with E-state index >= 15 is 0 Å². The number of benzene rings is 3. The second-order valence-corrected chi connectivity index (χ2v) is 8.17. The molecule has 0 bridgehead atoms. The molecule has 0 atom stereocenters. The van der Waals surface area contributed by atoms with E-state index < -0.39 is 5.91 Å². The van der Waals surface area contributed by atoms with Gasteiger partial charge < -0.3 is 14.2 Å². The second-order valence-electron chi connectivity index (χ2n) is 6.44. The van der Waals surface area contributed by atoms with E-state index in [1.54, 1.807) is 61.7 Å². The third-order valence-corrected chi connectivity index (χ3v) is 5.61. The van der Waals surface area contributed by atoms with E-state index in [1.807, 2.05) is 0 Å². The van der Waals surface area contributed by atoms with Gasteiger partial charge in [-0.3, -0.25) is 4.79 Å². The molecule has 32 heavy (non-hydrogen) atoms. The molecule has 0 unspecified atom stereocenters. The van der Waals surface area contributed by atoms with E-state index in [0.717, 1.165) is 4.47 Å². The van der Waals surface area contributed by atoms with Crippen LogP contribution in [0.1, 0.15) is 21.5 Å². The molecule has 0 radical (unpaired) electrons. The predicted octanol–water partition coefficient (Wildman–Crippen LogP) is 6.12. The van der Waals surface area contributed by atoms with Crippen LogP contribution in [0.25, 0.3) is 0 Å². The van der Waals surface area contributed by atoms with Gasteiger partial charge in [0.25, 0.3) is 5.91 Å². The van der Waals surface area contributed by atoms with Gasteiger partial charge in [-0.2, -0.15) is 5.10 Å². The van der Waals surface area contributed by atoms with E-state index in [-0.39, 0.29) is 6.61 Å². The summed E-state index contributed by atoms with van der Waals surface area (Å²) in [5, 5.41) is 5.06. The number of hydrazone groups is 1. The molecule has 0 aliphatic rings. The lowest BCUT2D eigenvalue weighted by molar-refractivity contribution is 0.0952. The summed E-state index contributed by atoms with van der Waals surface area (Å²) in [6.07, 6.45) is 1.50. The molecule has 6 nitrogen and oxygen atoms in total. The molecular formula is C23H19BrCl2N2O4. The fourth-order valence-electron chi connectivity index (χ4n) is 2.79. The maximum absolute atomic E-state index is 12.5. The van der Waals surface area contributed by atoms with Gasteiger partial charge in [0, 0.05) is 20.1 Å². The number of nitrogens with one attached hydrogen (secondary N) is 1. The minimum atomic E-state index is -0.405. The van der Waals surface area contributed by atoms with Crippen molar-refractivity contribution in [2.75, 3.05) is 14.2 Å². The van der Waals surface area contributed by atoms with E-state index in [0.29, 0.717) is 44.0 Å². The lowest BCUT2D eigenvalue weighted by Crippen LogP contribution is -2.18. The van der Waals surface area contributed by atoms with Crippen molar-refractivity contribution >= 4 is 51.3 Å². The first-order chi connectivity index (χ1) is 15.4. The Labute approximate surface area is 204 Å². The molecule has 9 heteroatoms. The summed E-state index contributed by atoms with van der Waals surface area (Å²) in [5.41, 5.74) is 4.21. The molecule has 3 rings (SSSR count). The standard InChI is InChI=1S/C23H19BrCl2N2O4/c1-30-20-9-7-15(24)11-16(20)23(29)28-27-12-14-6-8-21(31-2)22(10-14)32-13-17-18(25)4-3-5-19(17)26/h3-12H,13H2,1-2H3,(H,28,29)/b27-12-. The van der Waals surface area contributed by atoms with Crippen molar-refractivity contribution in [1.29, 1.82) is 0 Å².